The van der Waals surface area contributed by atoms with Gasteiger partial charge in [-0.3, -0.25) is 14.5 Å². The van der Waals surface area contributed by atoms with Crippen LogP contribution < -0.4 is 10.1 Å². The molecule has 1 unspecified atom stereocenters. The minimum absolute atomic E-state index is 0.0331. The summed E-state index contributed by atoms with van der Waals surface area (Å²) in [7, 11) is -2.49. The van der Waals surface area contributed by atoms with E-state index in [0.29, 0.717) is 16.5 Å². The Balaban J connectivity index is 1.73. The van der Waals surface area contributed by atoms with Crippen molar-refractivity contribution >= 4 is 56.1 Å². The Bertz CT molecular complexity index is 1100. The summed E-state index contributed by atoms with van der Waals surface area (Å²) in [6, 6.07) is 12.4. The van der Waals surface area contributed by atoms with Crippen LogP contribution in [0.25, 0.3) is 0 Å². The van der Waals surface area contributed by atoms with E-state index in [2.05, 4.69) is 9.71 Å². The number of anilines is 1. The van der Waals surface area contributed by atoms with Gasteiger partial charge in [-0.25, -0.2) is 0 Å². The number of ether oxygens (including phenoxy) is 1. The number of carbonyl (C=O) groups excluding carboxylic acids is 2. The summed E-state index contributed by atoms with van der Waals surface area (Å²) in [6.07, 6.45) is -0.119. The molecule has 3 rings (SSSR count). The van der Waals surface area contributed by atoms with Gasteiger partial charge in [0.2, 0.25) is 11.8 Å². The Kier molecular flexibility index (Phi) is 7.24. The van der Waals surface area contributed by atoms with Crippen LogP contribution in [0.3, 0.4) is 0 Å². The molecule has 2 aromatic carbocycles. The summed E-state index contributed by atoms with van der Waals surface area (Å²) >= 11 is 6.77. The Labute approximate surface area is 189 Å². The van der Waals surface area contributed by atoms with E-state index in [9.17, 15) is 18.0 Å². The fourth-order valence-electron chi connectivity index (χ4n) is 2.82. The molecule has 1 saturated heterocycles. The predicted molar refractivity (Wildman–Crippen MR) is 121 cm³/mol. The van der Waals surface area contributed by atoms with E-state index in [-0.39, 0.29) is 34.8 Å². The Hall–Kier alpha value is -2.56. The first-order chi connectivity index (χ1) is 14.7. The van der Waals surface area contributed by atoms with Crippen molar-refractivity contribution in [1.82, 2.24) is 4.90 Å². The van der Waals surface area contributed by atoms with Crippen molar-refractivity contribution < 1.29 is 22.7 Å². The number of amidine groups is 1. The highest BCUT2D eigenvalue weighted by molar-refractivity contribution is 8.16. The van der Waals surface area contributed by atoms with Crippen LogP contribution in [0.1, 0.15) is 13.3 Å². The number of nitrogens with one attached hydrogen (secondary N) is 1. The smallest absolute Gasteiger partial charge is 0.284 e. The van der Waals surface area contributed by atoms with Crippen molar-refractivity contribution in [3.8, 4) is 5.75 Å². The first-order valence-corrected chi connectivity index (χ1v) is 12.0. The van der Waals surface area contributed by atoms with Crippen LogP contribution in [-0.2, 0) is 19.6 Å². The van der Waals surface area contributed by atoms with Gasteiger partial charge in [0.25, 0.3) is 10.0 Å². The van der Waals surface area contributed by atoms with Gasteiger partial charge in [-0.1, -0.05) is 23.4 Å². The second-order valence-electron chi connectivity index (χ2n) is 6.47. The number of nitrogens with zero attached hydrogens (tertiary/aromatic N) is 2. The lowest BCUT2D eigenvalue weighted by Crippen LogP contribution is -2.33. The summed E-state index contributed by atoms with van der Waals surface area (Å²) < 4.78 is 34.2. The molecule has 0 bridgehead atoms. The molecule has 11 heteroatoms. The van der Waals surface area contributed by atoms with Crippen LogP contribution in [0.5, 0.6) is 5.75 Å². The number of rotatable bonds is 7. The van der Waals surface area contributed by atoms with Gasteiger partial charge in [-0.05, 0) is 55.5 Å². The molecule has 164 valence electrons. The topological polar surface area (TPSA) is 105 Å². The number of hydrogen-bond acceptors (Lipinski definition) is 6. The zero-order valence-corrected chi connectivity index (χ0v) is 19.1. The summed E-state index contributed by atoms with van der Waals surface area (Å²) in [4.78, 5) is 26.3. The number of benzene rings is 2. The van der Waals surface area contributed by atoms with Crippen LogP contribution in [0.2, 0.25) is 5.02 Å². The summed E-state index contributed by atoms with van der Waals surface area (Å²) in [5.41, 5.74) is 0.563. The predicted octanol–water partition coefficient (Wildman–Crippen LogP) is 3.39. The van der Waals surface area contributed by atoms with Crippen LogP contribution in [0.4, 0.5) is 5.69 Å². The maximum atomic E-state index is 12.7. The molecule has 1 heterocycles. The van der Waals surface area contributed by atoms with Gasteiger partial charge >= 0.3 is 0 Å². The van der Waals surface area contributed by atoms with E-state index in [1.165, 1.54) is 29.2 Å². The molecule has 8 nitrogen and oxygen atoms in total. The standard InChI is InChI=1S/C20H20ClN3O5S2/c1-3-24-19(26)17(12-18(25)22-14-6-8-15(29-2)9-7-14)30-20(24)23-31(27,28)16-10-4-13(21)5-11-16/h4-11,17H,3,12H2,1-2H3,(H,22,25). The number of carbonyl (C=O) groups is 2. The molecule has 31 heavy (non-hydrogen) atoms. The minimum Gasteiger partial charge on any atom is -0.497 e. The molecule has 0 spiro atoms. The molecule has 0 aliphatic carbocycles. The highest BCUT2D eigenvalue weighted by atomic mass is 35.5. The normalized spacial score (nSPS) is 17.8. The van der Waals surface area contributed by atoms with Gasteiger partial charge in [-0.2, -0.15) is 8.42 Å². The molecular weight excluding hydrogens is 462 g/mol. The number of hydrogen-bond donors (Lipinski definition) is 1. The van der Waals surface area contributed by atoms with Gasteiger partial charge < -0.3 is 10.1 Å². The van der Waals surface area contributed by atoms with Crippen LogP contribution in [-0.4, -0.2) is 49.2 Å². The maximum Gasteiger partial charge on any atom is 0.284 e. The molecule has 0 saturated carbocycles. The summed E-state index contributed by atoms with van der Waals surface area (Å²) in [6.45, 7) is 1.94. The molecule has 2 amide bonds. The third-order valence-corrected chi connectivity index (χ3v) is 7.21. The minimum atomic E-state index is -4.03. The zero-order valence-electron chi connectivity index (χ0n) is 16.7. The van der Waals surface area contributed by atoms with Gasteiger partial charge in [0, 0.05) is 23.7 Å². The zero-order chi connectivity index (χ0) is 22.6. The summed E-state index contributed by atoms with van der Waals surface area (Å²) in [5.74, 6) is -0.0721. The van der Waals surface area contributed by atoms with Gasteiger partial charge in [-0.15, -0.1) is 4.40 Å². The average molecular weight is 482 g/mol. The van der Waals surface area contributed by atoms with E-state index in [1.807, 2.05) is 0 Å². The molecule has 2 aromatic rings. The van der Waals surface area contributed by atoms with Crippen molar-refractivity contribution in [3.05, 3.63) is 53.6 Å². The van der Waals surface area contributed by atoms with E-state index < -0.39 is 15.3 Å². The molecule has 0 aromatic heterocycles. The molecule has 1 N–H and O–H groups in total. The largest absolute Gasteiger partial charge is 0.497 e. The third-order valence-electron chi connectivity index (χ3n) is 4.39. The van der Waals surface area contributed by atoms with Crippen molar-refractivity contribution in [3.63, 3.8) is 0 Å². The molecule has 0 radical (unpaired) electrons. The van der Waals surface area contributed by atoms with Crippen LogP contribution >= 0.6 is 23.4 Å². The van der Waals surface area contributed by atoms with Crippen molar-refractivity contribution in [1.29, 1.82) is 0 Å². The number of methoxy groups -OCH3 is 1. The van der Waals surface area contributed by atoms with E-state index in [1.54, 1.807) is 38.3 Å². The molecule has 1 aliphatic heterocycles. The van der Waals surface area contributed by atoms with Crippen molar-refractivity contribution in [2.24, 2.45) is 4.40 Å². The van der Waals surface area contributed by atoms with Crippen LogP contribution in [0, 0.1) is 0 Å². The number of halogens is 1. The highest BCUT2D eigenvalue weighted by Gasteiger charge is 2.39. The second-order valence-corrected chi connectivity index (χ2v) is 9.68. The lowest BCUT2D eigenvalue weighted by atomic mass is 10.2. The quantitative estimate of drug-likeness (QED) is 0.649. The van der Waals surface area contributed by atoms with Gasteiger partial charge in [0.05, 0.1) is 12.0 Å². The number of amides is 2. The lowest BCUT2D eigenvalue weighted by Gasteiger charge is -2.13. The van der Waals surface area contributed by atoms with Crippen LogP contribution in [0.15, 0.2) is 57.8 Å². The van der Waals surface area contributed by atoms with E-state index in [4.69, 9.17) is 16.3 Å². The van der Waals surface area contributed by atoms with Gasteiger partial charge in [0.1, 0.15) is 11.0 Å². The fourth-order valence-corrected chi connectivity index (χ4v) is 5.36. The molecule has 1 fully saturated rings. The Morgan fingerprint density at radius 2 is 1.84 bits per heavy atom. The fraction of sp³-hybridized carbons (Fsp3) is 0.250. The maximum absolute atomic E-state index is 12.7. The van der Waals surface area contributed by atoms with E-state index >= 15 is 0 Å². The Morgan fingerprint density at radius 3 is 2.42 bits per heavy atom. The average Bonchev–Trinajstić information content (AvgIpc) is 3.02. The third kappa shape index (κ3) is 5.57. The first kappa shape index (κ1) is 23.1. The monoisotopic (exact) mass is 481 g/mol. The first-order valence-electron chi connectivity index (χ1n) is 9.26. The lowest BCUT2D eigenvalue weighted by molar-refractivity contribution is -0.128. The van der Waals surface area contributed by atoms with Crippen molar-refractivity contribution in [2.45, 2.75) is 23.5 Å². The molecular formula is C20H20ClN3O5S2. The Morgan fingerprint density at radius 1 is 1.19 bits per heavy atom. The second kappa shape index (κ2) is 9.71. The van der Waals surface area contributed by atoms with E-state index in [0.717, 1.165) is 11.8 Å². The van der Waals surface area contributed by atoms with Crippen molar-refractivity contribution in [2.75, 3.05) is 19.0 Å². The number of sulfonamides is 1. The number of thioether (sulfide) groups is 1. The molecule has 1 aliphatic rings. The molecule has 1 atom stereocenters. The highest BCUT2D eigenvalue weighted by Crippen LogP contribution is 2.31. The van der Waals surface area contributed by atoms with Gasteiger partial charge in [0.15, 0.2) is 5.17 Å². The SMILES string of the molecule is CCN1C(=O)C(CC(=O)Nc2ccc(OC)cc2)SC1=NS(=O)(=O)c1ccc(Cl)cc1. The summed E-state index contributed by atoms with van der Waals surface area (Å²) in [5, 5.41) is 2.40.